The van der Waals surface area contributed by atoms with Gasteiger partial charge in [-0.1, -0.05) is 12.5 Å². The predicted molar refractivity (Wildman–Crippen MR) is 107 cm³/mol. The van der Waals surface area contributed by atoms with Crippen molar-refractivity contribution in [3.05, 3.63) is 52.8 Å². The highest BCUT2D eigenvalue weighted by atomic mass is 16.7. The van der Waals surface area contributed by atoms with Crippen molar-refractivity contribution < 1.29 is 24.1 Å². The lowest BCUT2D eigenvalue weighted by molar-refractivity contribution is 0.101. The maximum atomic E-state index is 12.9. The average Bonchev–Trinajstić information content (AvgIpc) is 3.30. The van der Waals surface area contributed by atoms with Crippen molar-refractivity contribution in [2.24, 2.45) is 0 Å². The van der Waals surface area contributed by atoms with Crippen molar-refractivity contribution in [2.45, 2.75) is 38.8 Å². The highest BCUT2D eigenvalue weighted by Crippen LogP contribution is 2.41. The lowest BCUT2D eigenvalue weighted by Gasteiger charge is -2.33. The van der Waals surface area contributed by atoms with Gasteiger partial charge in [-0.2, -0.15) is 0 Å². The van der Waals surface area contributed by atoms with Crippen LogP contribution in [0.4, 0.5) is 0 Å². The zero-order chi connectivity index (χ0) is 20.0. The number of allylic oxidation sites excluding steroid dienone is 1. The summed E-state index contributed by atoms with van der Waals surface area (Å²) in [7, 11) is 0. The molecule has 5 rings (SSSR count). The van der Waals surface area contributed by atoms with Crippen LogP contribution < -0.4 is 14.2 Å². The molecule has 3 aliphatic rings. The Morgan fingerprint density at radius 1 is 1.17 bits per heavy atom. The SMILES string of the molecule is C[C@@H]1CCCCN1Cc1c(O)ccc2c1O/C(=C\c1ccc3c(c1)OCO3)C2=O. The monoisotopic (exact) mass is 393 g/mol. The summed E-state index contributed by atoms with van der Waals surface area (Å²) in [6.45, 7) is 3.96. The van der Waals surface area contributed by atoms with Crippen molar-refractivity contribution in [2.75, 3.05) is 13.3 Å². The summed E-state index contributed by atoms with van der Waals surface area (Å²) in [5, 5.41) is 10.5. The van der Waals surface area contributed by atoms with E-state index in [0.29, 0.717) is 41.0 Å². The highest BCUT2D eigenvalue weighted by Gasteiger charge is 2.32. The van der Waals surface area contributed by atoms with Gasteiger partial charge >= 0.3 is 0 Å². The second-order valence-corrected chi connectivity index (χ2v) is 7.81. The van der Waals surface area contributed by atoms with E-state index in [9.17, 15) is 9.90 Å². The molecular formula is C23H23NO5. The van der Waals surface area contributed by atoms with Crippen LogP contribution in [0.15, 0.2) is 36.1 Å². The van der Waals surface area contributed by atoms with Gasteiger partial charge in [0, 0.05) is 12.6 Å². The van der Waals surface area contributed by atoms with Crippen molar-refractivity contribution in [1.29, 1.82) is 0 Å². The number of ether oxygens (including phenoxy) is 3. The number of piperidine rings is 1. The Morgan fingerprint density at radius 3 is 2.90 bits per heavy atom. The number of phenols is 1. The summed E-state index contributed by atoms with van der Waals surface area (Å²) in [5.41, 5.74) is 1.97. The van der Waals surface area contributed by atoms with Gasteiger partial charge in [-0.15, -0.1) is 0 Å². The normalized spacial score (nSPS) is 22.0. The first-order chi connectivity index (χ1) is 14.1. The second-order valence-electron chi connectivity index (χ2n) is 7.81. The number of ketones is 1. The summed E-state index contributed by atoms with van der Waals surface area (Å²) in [6.07, 6.45) is 5.22. The van der Waals surface area contributed by atoms with Crippen LogP contribution in [-0.4, -0.2) is 35.2 Å². The van der Waals surface area contributed by atoms with Crippen molar-refractivity contribution >= 4 is 11.9 Å². The number of rotatable bonds is 3. The van der Waals surface area contributed by atoms with Crippen molar-refractivity contribution in [1.82, 2.24) is 4.90 Å². The second kappa shape index (κ2) is 7.12. The van der Waals surface area contributed by atoms with Gasteiger partial charge in [0.05, 0.1) is 11.1 Å². The Balaban J connectivity index is 1.45. The van der Waals surface area contributed by atoms with Crippen LogP contribution in [0.3, 0.4) is 0 Å². The molecule has 150 valence electrons. The lowest BCUT2D eigenvalue weighted by Crippen LogP contribution is -2.36. The molecule has 1 N–H and O–H groups in total. The molecule has 0 aromatic heterocycles. The Hall–Kier alpha value is -2.99. The topological polar surface area (TPSA) is 68.2 Å². The first-order valence-electron chi connectivity index (χ1n) is 10.0. The van der Waals surface area contributed by atoms with Crippen LogP contribution in [0.2, 0.25) is 0 Å². The van der Waals surface area contributed by atoms with Crippen LogP contribution in [0.1, 0.15) is 47.7 Å². The van der Waals surface area contributed by atoms with E-state index < -0.39 is 0 Å². The molecule has 29 heavy (non-hydrogen) atoms. The summed E-state index contributed by atoms with van der Waals surface area (Å²) >= 11 is 0. The number of benzene rings is 2. The fourth-order valence-corrected chi connectivity index (χ4v) is 4.20. The van der Waals surface area contributed by atoms with Crippen LogP contribution in [0.5, 0.6) is 23.0 Å². The predicted octanol–water partition coefficient (Wildman–Crippen LogP) is 4.11. The molecule has 3 heterocycles. The molecule has 0 spiro atoms. The number of nitrogens with zero attached hydrogens (tertiary/aromatic N) is 1. The van der Waals surface area contributed by atoms with E-state index in [1.807, 2.05) is 18.2 Å². The molecule has 6 nitrogen and oxygen atoms in total. The Bertz CT molecular complexity index is 1010. The van der Waals surface area contributed by atoms with Crippen LogP contribution in [-0.2, 0) is 6.54 Å². The largest absolute Gasteiger partial charge is 0.507 e. The van der Waals surface area contributed by atoms with Crippen LogP contribution in [0, 0.1) is 0 Å². The number of carbonyl (C=O) groups is 1. The van der Waals surface area contributed by atoms with E-state index in [1.165, 1.54) is 6.42 Å². The summed E-state index contributed by atoms with van der Waals surface area (Å²) < 4.78 is 16.7. The minimum absolute atomic E-state index is 0.165. The molecule has 1 atom stereocenters. The van der Waals surface area contributed by atoms with Gasteiger partial charge in [-0.3, -0.25) is 9.69 Å². The maximum Gasteiger partial charge on any atom is 0.231 e. The number of likely N-dealkylation sites (tertiary alicyclic amines) is 1. The third-order valence-corrected chi connectivity index (χ3v) is 5.91. The third-order valence-electron chi connectivity index (χ3n) is 5.91. The lowest BCUT2D eigenvalue weighted by atomic mass is 10.0. The van der Waals surface area contributed by atoms with Gasteiger partial charge in [-0.25, -0.2) is 0 Å². The highest BCUT2D eigenvalue weighted by molar-refractivity contribution is 6.15. The molecule has 2 aromatic carbocycles. The standard InChI is InChI=1S/C23H23NO5/c1-14-4-2-3-9-24(14)12-17-18(25)7-6-16-22(26)21(29-23(16)17)11-15-5-8-19-20(10-15)28-13-27-19/h5-8,10-11,14,25H,2-4,9,12-13H2,1H3/b21-11-/t14-/m1/s1. The number of hydrogen-bond acceptors (Lipinski definition) is 6. The molecule has 2 aromatic rings. The Kier molecular flexibility index (Phi) is 4.43. The van der Waals surface area contributed by atoms with Crippen molar-refractivity contribution in [3.8, 4) is 23.0 Å². The first kappa shape index (κ1) is 18.1. The van der Waals surface area contributed by atoms with E-state index >= 15 is 0 Å². The molecule has 0 aliphatic carbocycles. The van der Waals surface area contributed by atoms with Crippen LogP contribution >= 0.6 is 0 Å². The third kappa shape index (κ3) is 3.23. The molecule has 3 aliphatic heterocycles. The van der Waals surface area contributed by atoms with Gasteiger partial charge in [0.2, 0.25) is 12.6 Å². The molecule has 6 heteroatoms. The maximum absolute atomic E-state index is 12.9. The molecule has 1 saturated heterocycles. The fraction of sp³-hybridized carbons (Fsp3) is 0.348. The molecule has 1 fully saturated rings. The van der Waals surface area contributed by atoms with E-state index in [-0.39, 0.29) is 24.1 Å². The Labute approximate surface area is 169 Å². The number of phenolic OH excluding ortho intramolecular Hbond substituents is 1. The fourth-order valence-electron chi connectivity index (χ4n) is 4.20. The average molecular weight is 393 g/mol. The smallest absolute Gasteiger partial charge is 0.231 e. The van der Waals surface area contributed by atoms with Gasteiger partial charge in [-0.05, 0) is 62.2 Å². The number of fused-ring (bicyclic) bond motifs is 2. The van der Waals surface area contributed by atoms with E-state index in [4.69, 9.17) is 14.2 Å². The quantitative estimate of drug-likeness (QED) is 0.792. The number of aromatic hydroxyl groups is 1. The molecule has 0 saturated carbocycles. The molecular weight excluding hydrogens is 370 g/mol. The molecule has 0 amide bonds. The summed E-state index contributed by atoms with van der Waals surface area (Å²) in [4.78, 5) is 15.2. The Morgan fingerprint density at radius 2 is 2.03 bits per heavy atom. The zero-order valence-corrected chi connectivity index (χ0v) is 16.3. The molecule has 0 radical (unpaired) electrons. The van der Waals surface area contributed by atoms with Gasteiger partial charge < -0.3 is 19.3 Å². The first-order valence-corrected chi connectivity index (χ1v) is 10.0. The van der Waals surface area contributed by atoms with Gasteiger partial charge in [0.25, 0.3) is 0 Å². The van der Waals surface area contributed by atoms with Crippen molar-refractivity contribution in [3.63, 3.8) is 0 Å². The zero-order valence-electron chi connectivity index (χ0n) is 16.3. The summed E-state index contributed by atoms with van der Waals surface area (Å²) in [6, 6.07) is 9.16. The van der Waals surface area contributed by atoms with E-state index in [1.54, 1.807) is 18.2 Å². The van der Waals surface area contributed by atoms with Gasteiger partial charge in [0.1, 0.15) is 11.5 Å². The number of Topliss-reactive ketones (excluding diaryl/α,β-unsaturated/α-hetero) is 1. The summed E-state index contributed by atoms with van der Waals surface area (Å²) in [5.74, 6) is 2.05. The molecule has 0 unspecified atom stereocenters. The van der Waals surface area contributed by atoms with Gasteiger partial charge in [0.15, 0.2) is 17.3 Å². The van der Waals surface area contributed by atoms with E-state index in [0.717, 1.165) is 24.9 Å². The number of carbonyl (C=O) groups excluding carboxylic acids is 1. The minimum Gasteiger partial charge on any atom is -0.507 e. The minimum atomic E-state index is -0.175. The number of hydrogen-bond donors (Lipinski definition) is 1. The van der Waals surface area contributed by atoms with E-state index in [2.05, 4.69) is 11.8 Å². The molecule has 0 bridgehead atoms. The van der Waals surface area contributed by atoms with Crippen LogP contribution in [0.25, 0.3) is 6.08 Å².